The minimum absolute atomic E-state index is 0.0151. The molecule has 3 aromatic carbocycles. The van der Waals surface area contributed by atoms with Gasteiger partial charge in [0.1, 0.15) is 0 Å². The van der Waals surface area contributed by atoms with Crippen LogP contribution in [0.15, 0.2) is 84.9 Å². The number of nitrogens with two attached hydrogens (primary N) is 1. The second-order valence-corrected chi connectivity index (χ2v) is 6.97. The van der Waals surface area contributed by atoms with Gasteiger partial charge in [-0.1, -0.05) is 78.9 Å². The Hall–Kier alpha value is -3.50. The zero-order chi connectivity index (χ0) is 20.2. The summed E-state index contributed by atoms with van der Waals surface area (Å²) in [6, 6.07) is 27.2. The van der Waals surface area contributed by atoms with Gasteiger partial charge in [0.2, 0.25) is 5.91 Å². The van der Waals surface area contributed by atoms with Crippen molar-refractivity contribution in [3.63, 3.8) is 0 Å². The average Bonchev–Trinajstić information content (AvgIpc) is 2.77. The molecule has 0 saturated heterocycles. The molecule has 0 fully saturated rings. The van der Waals surface area contributed by atoms with Crippen LogP contribution in [0, 0.1) is 0 Å². The molecule has 0 saturated carbocycles. The number of hydrogen-bond acceptors (Lipinski definition) is 3. The van der Waals surface area contributed by atoms with Gasteiger partial charge in [0, 0.05) is 23.5 Å². The third-order valence-electron chi connectivity index (χ3n) is 5.19. The predicted molar refractivity (Wildman–Crippen MR) is 116 cm³/mol. The van der Waals surface area contributed by atoms with E-state index in [2.05, 4.69) is 0 Å². The Morgan fingerprint density at radius 1 is 0.897 bits per heavy atom. The highest BCUT2D eigenvalue weighted by atomic mass is 16.3. The molecule has 4 nitrogen and oxygen atoms in total. The van der Waals surface area contributed by atoms with E-state index in [-0.39, 0.29) is 12.5 Å². The SMILES string of the molecule is NC(=O)c1c(C(CCO)c2ccccc2)c(-c2ccccc2)nc2ccccc12. The molecule has 0 bridgehead atoms. The Labute approximate surface area is 169 Å². The van der Waals surface area contributed by atoms with Crippen LogP contribution >= 0.6 is 0 Å². The molecule has 0 radical (unpaired) electrons. The third kappa shape index (κ3) is 3.62. The second-order valence-electron chi connectivity index (χ2n) is 6.97. The van der Waals surface area contributed by atoms with Gasteiger partial charge in [-0.3, -0.25) is 4.79 Å². The van der Waals surface area contributed by atoms with Gasteiger partial charge in [-0.15, -0.1) is 0 Å². The molecule has 4 heteroatoms. The van der Waals surface area contributed by atoms with Crippen molar-refractivity contribution in [2.24, 2.45) is 5.73 Å². The lowest BCUT2D eigenvalue weighted by atomic mass is 9.82. The molecule has 0 aliphatic rings. The molecule has 0 aliphatic carbocycles. The van der Waals surface area contributed by atoms with Crippen LogP contribution in [0.1, 0.15) is 33.8 Å². The fourth-order valence-electron chi connectivity index (χ4n) is 3.94. The number of amides is 1. The number of rotatable bonds is 6. The van der Waals surface area contributed by atoms with Crippen molar-refractivity contribution in [2.75, 3.05) is 6.61 Å². The van der Waals surface area contributed by atoms with Crippen LogP contribution in [0.2, 0.25) is 0 Å². The fourth-order valence-corrected chi connectivity index (χ4v) is 3.94. The predicted octanol–water partition coefficient (Wildman–Crippen LogP) is 4.52. The molecule has 1 amide bonds. The van der Waals surface area contributed by atoms with Crippen LogP contribution in [0.25, 0.3) is 22.2 Å². The Morgan fingerprint density at radius 2 is 1.52 bits per heavy atom. The van der Waals surface area contributed by atoms with Gasteiger partial charge in [-0.05, 0) is 23.6 Å². The lowest BCUT2D eigenvalue weighted by Crippen LogP contribution is -2.19. The zero-order valence-electron chi connectivity index (χ0n) is 16.0. The van der Waals surface area contributed by atoms with Crippen LogP contribution < -0.4 is 5.73 Å². The lowest BCUT2D eigenvalue weighted by molar-refractivity contribution is 0.100. The minimum Gasteiger partial charge on any atom is -0.396 e. The van der Waals surface area contributed by atoms with Crippen molar-refractivity contribution < 1.29 is 9.90 Å². The Balaban J connectivity index is 2.12. The Kier molecular flexibility index (Phi) is 5.36. The number of hydrogen-bond donors (Lipinski definition) is 2. The highest BCUT2D eigenvalue weighted by Crippen LogP contribution is 2.39. The van der Waals surface area contributed by atoms with Crippen molar-refractivity contribution in [3.8, 4) is 11.3 Å². The number of para-hydroxylation sites is 1. The standard InChI is InChI=1S/C25H22N2O2/c26-25(29)23-20-13-7-8-14-21(20)27-24(18-11-5-2-6-12-18)22(23)19(15-16-28)17-9-3-1-4-10-17/h1-14,19,28H,15-16H2,(H2,26,29). The Morgan fingerprint density at radius 3 is 2.17 bits per heavy atom. The van der Waals surface area contributed by atoms with E-state index in [4.69, 9.17) is 10.7 Å². The normalized spacial score (nSPS) is 12.0. The average molecular weight is 382 g/mol. The smallest absolute Gasteiger partial charge is 0.249 e. The molecule has 1 atom stereocenters. The van der Waals surface area contributed by atoms with Crippen molar-refractivity contribution in [1.82, 2.24) is 4.98 Å². The van der Waals surface area contributed by atoms with Gasteiger partial charge < -0.3 is 10.8 Å². The first-order valence-electron chi connectivity index (χ1n) is 9.64. The number of aliphatic hydroxyl groups excluding tert-OH is 1. The van der Waals surface area contributed by atoms with Gasteiger partial charge in [-0.25, -0.2) is 4.98 Å². The number of fused-ring (bicyclic) bond motifs is 1. The second kappa shape index (κ2) is 8.25. The topological polar surface area (TPSA) is 76.2 Å². The van der Waals surface area contributed by atoms with E-state index < -0.39 is 5.91 Å². The summed E-state index contributed by atoms with van der Waals surface area (Å²) in [5.41, 5.74) is 10.5. The molecule has 1 unspecified atom stereocenters. The minimum atomic E-state index is -0.491. The van der Waals surface area contributed by atoms with Crippen LogP contribution in [0.4, 0.5) is 0 Å². The van der Waals surface area contributed by atoms with Crippen molar-refractivity contribution >= 4 is 16.8 Å². The molecule has 0 aliphatic heterocycles. The van der Waals surface area contributed by atoms with Crippen LogP contribution in [0.3, 0.4) is 0 Å². The largest absolute Gasteiger partial charge is 0.396 e. The first-order valence-corrected chi connectivity index (χ1v) is 9.64. The van der Waals surface area contributed by atoms with Crippen molar-refractivity contribution in [3.05, 3.63) is 102 Å². The fraction of sp³-hybridized carbons (Fsp3) is 0.120. The van der Waals surface area contributed by atoms with Gasteiger partial charge >= 0.3 is 0 Å². The summed E-state index contributed by atoms with van der Waals surface area (Å²) in [6.07, 6.45) is 0.462. The number of primary amides is 1. The molecule has 29 heavy (non-hydrogen) atoms. The summed E-state index contributed by atoms with van der Waals surface area (Å²) in [5, 5.41) is 10.6. The number of pyridine rings is 1. The highest BCUT2D eigenvalue weighted by molar-refractivity contribution is 6.08. The van der Waals surface area contributed by atoms with Gasteiger partial charge in [0.05, 0.1) is 16.8 Å². The van der Waals surface area contributed by atoms with E-state index in [1.165, 1.54) is 0 Å². The molecular weight excluding hydrogens is 360 g/mol. The molecular formula is C25H22N2O2. The molecule has 1 aromatic heterocycles. The summed E-state index contributed by atoms with van der Waals surface area (Å²) in [7, 11) is 0. The van der Waals surface area contributed by atoms with Crippen LogP contribution in [-0.2, 0) is 0 Å². The first-order chi connectivity index (χ1) is 14.2. The van der Waals surface area contributed by atoms with E-state index in [1.54, 1.807) is 0 Å². The molecule has 3 N–H and O–H groups in total. The first kappa shape index (κ1) is 18.8. The molecule has 0 spiro atoms. The summed E-state index contributed by atoms with van der Waals surface area (Å²) in [5.74, 6) is -0.703. The number of nitrogens with zero attached hydrogens (tertiary/aromatic N) is 1. The molecule has 4 aromatic rings. The molecule has 1 heterocycles. The number of aliphatic hydroxyl groups is 1. The third-order valence-corrected chi connectivity index (χ3v) is 5.19. The maximum atomic E-state index is 12.7. The number of aromatic nitrogens is 1. The number of carbonyl (C=O) groups excluding carboxylic acids is 1. The maximum absolute atomic E-state index is 12.7. The monoisotopic (exact) mass is 382 g/mol. The summed E-state index contributed by atoms with van der Waals surface area (Å²) >= 11 is 0. The van der Waals surface area contributed by atoms with Crippen molar-refractivity contribution in [1.29, 1.82) is 0 Å². The lowest BCUT2D eigenvalue weighted by Gasteiger charge is -2.24. The number of benzene rings is 3. The Bertz CT molecular complexity index is 1140. The molecule has 4 rings (SSSR count). The van der Waals surface area contributed by atoms with E-state index in [0.717, 1.165) is 33.3 Å². The van der Waals surface area contributed by atoms with E-state index in [0.29, 0.717) is 12.0 Å². The van der Waals surface area contributed by atoms with Gasteiger partial charge in [0.15, 0.2) is 0 Å². The van der Waals surface area contributed by atoms with Crippen LogP contribution in [-0.4, -0.2) is 22.6 Å². The van der Waals surface area contributed by atoms with Gasteiger partial charge in [-0.2, -0.15) is 0 Å². The van der Waals surface area contributed by atoms with E-state index in [1.807, 2.05) is 84.9 Å². The zero-order valence-corrected chi connectivity index (χ0v) is 16.0. The van der Waals surface area contributed by atoms with Gasteiger partial charge in [0.25, 0.3) is 0 Å². The highest BCUT2D eigenvalue weighted by Gasteiger charge is 2.27. The van der Waals surface area contributed by atoms with Crippen LogP contribution in [0.5, 0.6) is 0 Å². The number of carbonyl (C=O) groups is 1. The summed E-state index contributed by atoms with van der Waals surface area (Å²) < 4.78 is 0. The summed E-state index contributed by atoms with van der Waals surface area (Å²) in [6.45, 7) is -0.0151. The molecule has 144 valence electrons. The van der Waals surface area contributed by atoms with E-state index in [9.17, 15) is 9.90 Å². The van der Waals surface area contributed by atoms with Crippen molar-refractivity contribution in [2.45, 2.75) is 12.3 Å². The quantitative estimate of drug-likeness (QED) is 0.515. The summed E-state index contributed by atoms with van der Waals surface area (Å²) in [4.78, 5) is 17.6. The van der Waals surface area contributed by atoms with E-state index >= 15 is 0 Å². The maximum Gasteiger partial charge on any atom is 0.249 e.